The van der Waals surface area contributed by atoms with Gasteiger partial charge >= 0.3 is 0 Å². The zero-order chi connectivity index (χ0) is 13.8. The molecule has 0 bridgehead atoms. The topological polar surface area (TPSA) is 67.6 Å². The lowest BCUT2D eigenvalue weighted by atomic mass is 10.2. The minimum atomic E-state index is -0.260. The van der Waals surface area contributed by atoms with Gasteiger partial charge in [-0.25, -0.2) is 0 Å². The van der Waals surface area contributed by atoms with Crippen LogP contribution >= 0.6 is 0 Å². The molecule has 5 heteroatoms. The summed E-state index contributed by atoms with van der Waals surface area (Å²) in [5.74, 6) is 0.821. The summed E-state index contributed by atoms with van der Waals surface area (Å²) in [4.78, 5) is 14.1. The fourth-order valence-corrected chi connectivity index (χ4v) is 2.35. The minimum absolute atomic E-state index is 0.138. The Balaban J connectivity index is 2.03. The van der Waals surface area contributed by atoms with E-state index in [0.29, 0.717) is 11.4 Å². The van der Waals surface area contributed by atoms with E-state index in [9.17, 15) is 4.79 Å². The molecule has 1 amide bonds. The van der Waals surface area contributed by atoms with Crippen LogP contribution in [0.5, 0.6) is 5.75 Å². The predicted molar refractivity (Wildman–Crippen MR) is 76.3 cm³/mol. The summed E-state index contributed by atoms with van der Waals surface area (Å²) >= 11 is 0. The van der Waals surface area contributed by atoms with Gasteiger partial charge in [0.25, 0.3) is 0 Å². The van der Waals surface area contributed by atoms with Crippen LogP contribution in [0.3, 0.4) is 0 Å². The van der Waals surface area contributed by atoms with Crippen LogP contribution in [-0.4, -0.2) is 37.0 Å². The molecule has 1 unspecified atom stereocenters. The molecule has 0 aliphatic carbocycles. The van der Waals surface area contributed by atoms with E-state index < -0.39 is 0 Å². The second-order valence-electron chi connectivity index (χ2n) is 4.89. The quantitative estimate of drug-likeness (QED) is 0.811. The second kappa shape index (κ2) is 5.82. The first-order valence-electron chi connectivity index (χ1n) is 6.60. The molecule has 0 radical (unpaired) electrons. The van der Waals surface area contributed by atoms with Gasteiger partial charge in [-0.3, -0.25) is 4.79 Å². The smallest absolute Gasteiger partial charge is 0.244 e. The van der Waals surface area contributed by atoms with Crippen LogP contribution in [0.25, 0.3) is 0 Å². The number of likely N-dealkylation sites (tertiary alicyclic amines) is 1. The number of carbonyl (C=O) groups excluding carboxylic acids is 1. The van der Waals surface area contributed by atoms with Crippen LogP contribution in [0.4, 0.5) is 11.4 Å². The molecule has 3 N–H and O–H groups in total. The highest BCUT2D eigenvalue weighted by molar-refractivity contribution is 5.84. The highest BCUT2D eigenvalue weighted by Gasteiger charge is 2.23. The van der Waals surface area contributed by atoms with Crippen molar-refractivity contribution in [3.05, 3.63) is 18.2 Å². The Labute approximate surface area is 113 Å². The van der Waals surface area contributed by atoms with Crippen LogP contribution in [0.1, 0.15) is 19.8 Å². The molecule has 1 aliphatic heterocycles. The van der Waals surface area contributed by atoms with E-state index in [4.69, 9.17) is 10.5 Å². The van der Waals surface area contributed by atoms with Crippen LogP contribution in [-0.2, 0) is 4.79 Å². The molecule has 104 valence electrons. The standard InChI is InChI=1S/C14H21N3O2/c1-10(14(18)17-5-3-4-6-17)16-12-7-11(15)8-13(9-12)19-2/h7-10,16H,3-6,15H2,1-2H3. The molecule has 1 atom stereocenters. The Morgan fingerprint density at radius 1 is 1.37 bits per heavy atom. The van der Waals surface area contributed by atoms with Gasteiger partial charge in [-0.15, -0.1) is 0 Å². The van der Waals surface area contributed by atoms with Crippen LogP contribution in [0.2, 0.25) is 0 Å². The van der Waals surface area contributed by atoms with Crippen molar-refractivity contribution in [2.24, 2.45) is 0 Å². The van der Waals surface area contributed by atoms with Crippen LogP contribution in [0, 0.1) is 0 Å². The third kappa shape index (κ3) is 3.30. The van der Waals surface area contributed by atoms with E-state index in [2.05, 4.69) is 5.32 Å². The number of ether oxygens (including phenoxy) is 1. The van der Waals surface area contributed by atoms with Gasteiger partial charge in [0, 0.05) is 36.6 Å². The number of rotatable bonds is 4. The van der Waals surface area contributed by atoms with Gasteiger partial charge in [0.1, 0.15) is 11.8 Å². The molecule has 19 heavy (non-hydrogen) atoms. The van der Waals surface area contributed by atoms with Gasteiger partial charge in [0.15, 0.2) is 0 Å². The second-order valence-corrected chi connectivity index (χ2v) is 4.89. The molecule has 0 saturated carbocycles. The van der Waals surface area contributed by atoms with Crippen molar-refractivity contribution >= 4 is 17.3 Å². The number of nitrogens with zero attached hydrogens (tertiary/aromatic N) is 1. The lowest BCUT2D eigenvalue weighted by molar-refractivity contribution is -0.130. The van der Waals surface area contributed by atoms with Crippen LogP contribution in [0.15, 0.2) is 18.2 Å². The number of nitrogen functional groups attached to an aromatic ring is 1. The number of hydrogen-bond donors (Lipinski definition) is 2. The van der Waals surface area contributed by atoms with E-state index in [0.717, 1.165) is 31.6 Å². The molecule has 0 aromatic heterocycles. The van der Waals surface area contributed by atoms with E-state index in [1.54, 1.807) is 19.2 Å². The number of nitrogens with two attached hydrogens (primary N) is 1. The van der Waals surface area contributed by atoms with E-state index in [1.807, 2.05) is 17.9 Å². The molecule has 1 heterocycles. The lowest BCUT2D eigenvalue weighted by Crippen LogP contribution is -2.39. The predicted octanol–water partition coefficient (Wildman–Crippen LogP) is 1.70. The van der Waals surface area contributed by atoms with Crippen molar-refractivity contribution in [2.75, 3.05) is 31.2 Å². The Bertz CT molecular complexity index is 456. The molecule has 1 fully saturated rings. The molecule has 1 saturated heterocycles. The summed E-state index contributed by atoms with van der Waals surface area (Å²) in [6.07, 6.45) is 2.20. The summed E-state index contributed by atoms with van der Waals surface area (Å²) in [5, 5.41) is 3.18. The summed E-state index contributed by atoms with van der Waals surface area (Å²) in [7, 11) is 1.59. The molecule has 5 nitrogen and oxygen atoms in total. The molecular formula is C14H21N3O2. The molecule has 1 aliphatic rings. The first-order valence-corrected chi connectivity index (χ1v) is 6.60. The van der Waals surface area contributed by atoms with Gasteiger partial charge in [-0.2, -0.15) is 0 Å². The largest absolute Gasteiger partial charge is 0.497 e. The number of methoxy groups -OCH3 is 1. The van der Waals surface area contributed by atoms with Gasteiger partial charge in [-0.1, -0.05) is 0 Å². The number of benzene rings is 1. The molecule has 0 spiro atoms. The average Bonchev–Trinajstić information content (AvgIpc) is 2.90. The maximum Gasteiger partial charge on any atom is 0.244 e. The van der Waals surface area contributed by atoms with E-state index >= 15 is 0 Å². The molecule has 1 aromatic rings. The zero-order valence-corrected chi connectivity index (χ0v) is 11.5. The zero-order valence-electron chi connectivity index (χ0n) is 11.5. The highest BCUT2D eigenvalue weighted by atomic mass is 16.5. The number of anilines is 2. The normalized spacial score (nSPS) is 16.2. The van der Waals surface area contributed by atoms with Crippen molar-refractivity contribution < 1.29 is 9.53 Å². The van der Waals surface area contributed by atoms with Gasteiger partial charge in [0.05, 0.1) is 7.11 Å². The fraction of sp³-hybridized carbons (Fsp3) is 0.500. The van der Waals surface area contributed by atoms with Crippen molar-refractivity contribution in [1.82, 2.24) is 4.90 Å². The summed E-state index contributed by atoms with van der Waals surface area (Å²) in [5.41, 5.74) is 7.21. The first kappa shape index (κ1) is 13.5. The third-order valence-electron chi connectivity index (χ3n) is 3.34. The number of amides is 1. The summed E-state index contributed by atoms with van der Waals surface area (Å²) < 4.78 is 5.16. The molecule has 2 rings (SSSR count). The maximum atomic E-state index is 12.2. The molecular weight excluding hydrogens is 242 g/mol. The van der Waals surface area contributed by atoms with Gasteiger partial charge < -0.3 is 20.7 Å². The van der Waals surface area contributed by atoms with Crippen molar-refractivity contribution in [3.63, 3.8) is 0 Å². The number of hydrogen-bond acceptors (Lipinski definition) is 4. The van der Waals surface area contributed by atoms with Crippen molar-refractivity contribution in [3.8, 4) is 5.75 Å². The maximum absolute atomic E-state index is 12.2. The van der Waals surface area contributed by atoms with E-state index in [1.165, 1.54) is 0 Å². The van der Waals surface area contributed by atoms with Crippen molar-refractivity contribution in [2.45, 2.75) is 25.8 Å². The number of nitrogens with one attached hydrogen (secondary N) is 1. The molecule has 1 aromatic carbocycles. The van der Waals surface area contributed by atoms with Crippen molar-refractivity contribution in [1.29, 1.82) is 0 Å². The van der Waals surface area contributed by atoms with Gasteiger partial charge in [0.2, 0.25) is 5.91 Å². The average molecular weight is 263 g/mol. The monoisotopic (exact) mass is 263 g/mol. The summed E-state index contributed by atoms with van der Waals surface area (Å²) in [6.45, 7) is 3.60. The Morgan fingerprint density at radius 3 is 2.68 bits per heavy atom. The minimum Gasteiger partial charge on any atom is -0.497 e. The van der Waals surface area contributed by atoms with E-state index in [-0.39, 0.29) is 11.9 Å². The SMILES string of the molecule is COc1cc(N)cc(NC(C)C(=O)N2CCCC2)c1. The lowest BCUT2D eigenvalue weighted by Gasteiger charge is -2.22. The van der Waals surface area contributed by atoms with Gasteiger partial charge in [-0.05, 0) is 25.8 Å². The third-order valence-corrected chi connectivity index (χ3v) is 3.34. The highest BCUT2D eigenvalue weighted by Crippen LogP contribution is 2.23. The Hall–Kier alpha value is -1.91. The Morgan fingerprint density at radius 2 is 2.05 bits per heavy atom. The number of carbonyl (C=O) groups is 1. The summed E-state index contributed by atoms with van der Waals surface area (Å²) in [6, 6.07) is 5.13. The Kier molecular flexibility index (Phi) is 4.14. The first-order chi connectivity index (χ1) is 9.10. The fourth-order valence-electron chi connectivity index (χ4n) is 2.35. The van der Waals surface area contributed by atoms with Crippen LogP contribution < -0.4 is 15.8 Å².